The van der Waals surface area contributed by atoms with Crippen LogP contribution in [-0.2, 0) is 0 Å². The Kier molecular flexibility index (Phi) is 6.26. The van der Waals surface area contributed by atoms with Gasteiger partial charge in [0, 0.05) is 30.1 Å². The zero-order valence-corrected chi connectivity index (χ0v) is 13.4. The lowest BCUT2D eigenvalue weighted by Crippen LogP contribution is -2.35. The molecule has 0 bridgehead atoms. The predicted molar refractivity (Wildman–Crippen MR) is 80.4 cm³/mol. The molecule has 4 heteroatoms. The molecular formula is C14H27N3S. The highest BCUT2D eigenvalue weighted by Crippen LogP contribution is 2.24. The lowest BCUT2D eigenvalue weighted by atomic mass is 10.2. The Bertz CT molecular complexity index is 362. The van der Waals surface area contributed by atoms with Crippen molar-refractivity contribution in [3.63, 3.8) is 0 Å². The summed E-state index contributed by atoms with van der Waals surface area (Å²) in [6.07, 6.45) is 1.21. The molecule has 0 saturated heterocycles. The van der Waals surface area contributed by atoms with Gasteiger partial charge >= 0.3 is 0 Å². The molecule has 1 N–H and O–H groups in total. The maximum absolute atomic E-state index is 4.48. The summed E-state index contributed by atoms with van der Waals surface area (Å²) < 4.78 is 0. The zero-order valence-electron chi connectivity index (χ0n) is 12.6. The Hall–Kier alpha value is -0.450. The fraction of sp³-hybridized carbons (Fsp3) is 0.786. The quantitative estimate of drug-likeness (QED) is 0.824. The van der Waals surface area contributed by atoms with Gasteiger partial charge in [0.25, 0.3) is 0 Å². The average Bonchev–Trinajstić information content (AvgIpc) is 2.67. The minimum Gasteiger partial charge on any atom is -0.308 e. The van der Waals surface area contributed by atoms with Crippen molar-refractivity contribution < 1.29 is 0 Å². The van der Waals surface area contributed by atoms with Crippen molar-refractivity contribution in [2.24, 2.45) is 0 Å². The number of hydrogen-bond donors (Lipinski definition) is 1. The van der Waals surface area contributed by atoms with Crippen LogP contribution in [0.25, 0.3) is 0 Å². The summed E-state index contributed by atoms with van der Waals surface area (Å²) in [6, 6.07) is 1.07. The molecule has 1 aromatic rings. The van der Waals surface area contributed by atoms with E-state index >= 15 is 0 Å². The molecule has 0 radical (unpaired) electrons. The minimum atomic E-state index is 0.404. The third kappa shape index (κ3) is 4.34. The van der Waals surface area contributed by atoms with Crippen LogP contribution in [0.1, 0.15) is 48.8 Å². The van der Waals surface area contributed by atoms with Crippen molar-refractivity contribution in [3.8, 4) is 0 Å². The van der Waals surface area contributed by atoms with Crippen molar-refractivity contribution in [1.29, 1.82) is 0 Å². The molecule has 18 heavy (non-hydrogen) atoms. The van der Waals surface area contributed by atoms with Crippen molar-refractivity contribution in [3.05, 3.63) is 15.6 Å². The molecular weight excluding hydrogens is 242 g/mol. The average molecular weight is 269 g/mol. The number of likely N-dealkylation sites (N-methyl/N-ethyl adjacent to an activating group) is 1. The summed E-state index contributed by atoms with van der Waals surface area (Å²) in [5.41, 5.74) is 1.17. The lowest BCUT2D eigenvalue weighted by molar-refractivity contribution is 0.249. The lowest BCUT2D eigenvalue weighted by Gasteiger charge is -2.24. The first-order chi connectivity index (χ1) is 8.45. The van der Waals surface area contributed by atoms with Crippen LogP contribution >= 0.6 is 11.3 Å². The topological polar surface area (TPSA) is 28.2 Å². The van der Waals surface area contributed by atoms with E-state index in [-0.39, 0.29) is 0 Å². The zero-order chi connectivity index (χ0) is 13.7. The minimum absolute atomic E-state index is 0.404. The summed E-state index contributed by atoms with van der Waals surface area (Å²) in [5, 5.41) is 4.75. The van der Waals surface area contributed by atoms with Gasteiger partial charge in [0.2, 0.25) is 0 Å². The molecule has 0 aromatic carbocycles. The van der Waals surface area contributed by atoms with Crippen LogP contribution in [0.2, 0.25) is 0 Å². The second-order valence-electron chi connectivity index (χ2n) is 5.10. The third-order valence-electron chi connectivity index (χ3n) is 3.59. The first-order valence-electron chi connectivity index (χ1n) is 6.83. The highest BCUT2D eigenvalue weighted by Gasteiger charge is 2.13. The molecule has 0 aliphatic rings. The summed E-state index contributed by atoms with van der Waals surface area (Å²) in [7, 11) is 2.20. The van der Waals surface area contributed by atoms with Gasteiger partial charge in [-0.1, -0.05) is 6.92 Å². The van der Waals surface area contributed by atoms with Crippen molar-refractivity contribution in [1.82, 2.24) is 15.2 Å². The maximum atomic E-state index is 4.48. The van der Waals surface area contributed by atoms with Crippen molar-refractivity contribution in [2.45, 2.75) is 53.1 Å². The maximum Gasteiger partial charge on any atom is 0.0900 e. The standard InChI is InChI=1S/C14H27N3S/c1-7-10(2)17(6)9-8-15-11(3)14-12(4)16-13(5)18-14/h10-11,15H,7-9H2,1-6H3. The van der Waals surface area contributed by atoms with Gasteiger partial charge in [0.15, 0.2) is 0 Å². The van der Waals surface area contributed by atoms with Crippen molar-refractivity contribution in [2.75, 3.05) is 20.1 Å². The predicted octanol–water partition coefficient (Wildman–Crippen LogP) is 3.14. The van der Waals surface area contributed by atoms with E-state index in [9.17, 15) is 0 Å². The fourth-order valence-corrected chi connectivity index (χ4v) is 2.99. The first kappa shape index (κ1) is 15.6. The number of thiazole rings is 1. The van der Waals surface area contributed by atoms with E-state index in [1.165, 1.54) is 17.0 Å². The van der Waals surface area contributed by atoms with Gasteiger partial charge in [-0.25, -0.2) is 4.98 Å². The van der Waals surface area contributed by atoms with E-state index in [0.29, 0.717) is 12.1 Å². The Morgan fingerprint density at radius 3 is 2.50 bits per heavy atom. The first-order valence-corrected chi connectivity index (χ1v) is 7.64. The number of nitrogens with zero attached hydrogens (tertiary/aromatic N) is 2. The van der Waals surface area contributed by atoms with Crippen molar-refractivity contribution >= 4 is 11.3 Å². The number of aryl methyl sites for hydroxylation is 2. The van der Waals surface area contributed by atoms with Gasteiger partial charge in [-0.3, -0.25) is 0 Å². The Morgan fingerprint density at radius 2 is 2.00 bits per heavy atom. The van der Waals surface area contributed by atoms with Crippen LogP contribution in [0.15, 0.2) is 0 Å². The van der Waals surface area contributed by atoms with E-state index in [0.717, 1.165) is 18.1 Å². The molecule has 1 rings (SSSR count). The monoisotopic (exact) mass is 269 g/mol. The van der Waals surface area contributed by atoms with E-state index in [2.05, 4.69) is 56.9 Å². The number of aromatic nitrogens is 1. The van der Waals surface area contributed by atoms with Crippen LogP contribution in [0.4, 0.5) is 0 Å². The number of nitrogens with one attached hydrogen (secondary N) is 1. The Morgan fingerprint density at radius 1 is 1.33 bits per heavy atom. The molecule has 0 spiro atoms. The van der Waals surface area contributed by atoms with Gasteiger partial charge in [-0.05, 0) is 41.2 Å². The highest BCUT2D eigenvalue weighted by atomic mass is 32.1. The van der Waals surface area contributed by atoms with E-state index < -0.39 is 0 Å². The molecule has 1 heterocycles. The Balaban J connectivity index is 2.38. The van der Waals surface area contributed by atoms with Gasteiger partial charge in [-0.15, -0.1) is 11.3 Å². The van der Waals surface area contributed by atoms with E-state index in [4.69, 9.17) is 0 Å². The second-order valence-corrected chi connectivity index (χ2v) is 6.33. The fourth-order valence-electron chi connectivity index (χ4n) is 2.03. The molecule has 0 saturated carbocycles. The summed E-state index contributed by atoms with van der Waals surface area (Å²) in [4.78, 5) is 8.27. The summed E-state index contributed by atoms with van der Waals surface area (Å²) in [6.45, 7) is 13.0. The normalized spacial score (nSPS) is 15.1. The number of rotatable bonds is 7. The number of hydrogen-bond acceptors (Lipinski definition) is 4. The molecule has 104 valence electrons. The largest absolute Gasteiger partial charge is 0.308 e. The summed E-state index contributed by atoms with van der Waals surface area (Å²) >= 11 is 1.80. The third-order valence-corrected chi connectivity index (χ3v) is 4.85. The van der Waals surface area contributed by atoms with Crippen LogP contribution in [0.3, 0.4) is 0 Å². The Labute approximate surface area is 116 Å². The molecule has 2 unspecified atom stereocenters. The van der Waals surface area contributed by atoms with Gasteiger partial charge in [0.05, 0.1) is 10.7 Å². The van der Waals surface area contributed by atoms with E-state index in [1.807, 2.05) is 0 Å². The second kappa shape index (κ2) is 7.22. The van der Waals surface area contributed by atoms with Gasteiger partial charge in [0.1, 0.15) is 0 Å². The highest BCUT2D eigenvalue weighted by molar-refractivity contribution is 7.11. The van der Waals surface area contributed by atoms with Crippen LogP contribution < -0.4 is 5.32 Å². The smallest absolute Gasteiger partial charge is 0.0900 e. The molecule has 0 aliphatic heterocycles. The summed E-state index contributed by atoms with van der Waals surface area (Å²) in [5.74, 6) is 0. The van der Waals surface area contributed by atoms with E-state index in [1.54, 1.807) is 11.3 Å². The molecule has 3 nitrogen and oxygen atoms in total. The molecule has 1 aromatic heterocycles. The molecule has 2 atom stereocenters. The molecule has 0 aliphatic carbocycles. The van der Waals surface area contributed by atoms with Crippen LogP contribution in [0.5, 0.6) is 0 Å². The SMILES string of the molecule is CCC(C)N(C)CCNC(C)c1sc(C)nc1C. The van der Waals surface area contributed by atoms with Gasteiger partial charge in [-0.2, -0.15) is 0 Å². The van der Waals surface area contributed by atoms with Crippen LogP contribution in [0, 0.1) is 13.8 Å². The van der Waals surface area contributed by atoms with Crippen LogP contribution in [-0.4, -0.2) is 36.1 Å². The molecule has 0 fully saturated rings. The molecule has 0 amide bonds. The van der Waals surface area contributed by atoms with Gasteiger partial charge < -0.3 is 10.2 Å².